The van der Waals surface area contributed by atoms with E-state index >= 15 is 0 Å². The number of ether oxygens (including phenoxy) is 2. The van der Waals surface area contributed by atoms with Gasteiger partial charge in [0.2, 0.25) is 0 Å². The average Bonchev–Trinajstić information content (AvgIpc) is 2.02. The van der Waals surface area contributed by atoms with Crippen molar-refractivity contribution in [3.8, 4) is 0 Å². The first-order chi connectivity index (χ1) is 5.18. The molecular weight excluding hydrogens is 140 g/mol. The smallest absolute Gasteiger partial charge is 0.0673 e. The molecule has 68 valence electrons. The van der Waals surface area contributed by atoms with E-state index in [1.54, 1.807) is 7.11 Å². The van der Waals surface area contributed by atoms with Crippen molar-refractivity contribution in [2.24, 2.45) is 0 Å². The zero-order chi connectivity index (χ0) is 8.74. The Morgan fingerprint density at radius 2 is 1.91 bits per heavy atom. The summed E-state index contributed by atoms with van der Waals surface area (Å²) in [5.41, 5.74) is 0.0186. The van der Waals surface area contributed by atoms with Gasteiger partial charge < -0.3 is 9.47 Å². The average molecular weight is 160 g/mol. The molecule has 0 aliphatic rings. The molecule has 0 aromatic heterocycles. The third-order valence-corrected chi connectivity index (χ3v) is 2.08. The normalized spacial score (nSPS) is 16.4. The van der Waals surface area contributed by atoms with Crippen LogP contribution in [0.4, 0.5) is 0 Å². The van der Waals surface area contributed by atoms with Crippen molar-refractivity contribution in [3.63, 3.8) is 0 Å². The minimum absolute atomic E-state index is 0.0186. The van der Waals surface area contributed by atoms with Gasteiger partial charge in [-0.2, -0.15) is 0 Å². The lowest BCUT2D eigenvalue weighted by Crippen LogP contribution is -2.29. The highest BCUT2D eigenvalue weighted by Crippen LogP contribution is 2.19. The van der Waals surface area contributed by atoms with Crippen LogP contribution in [0, 0.1) is 0 Å². The molecule has 2 nitrogen and oxygen atoms in total. The van der Waals surface area contributed by atoms with Crippen molar-refractivity contribution >= 4 is 0 Å². The van der Waals surface area contributed by atoms with Crippen LogP contribution in [0.3, 0.4) is 0 Å². The lowest BCUT2D eigenvalue weighted by atomic mass is 9.99. The Balaban J connectivity index is 3.68. The monoisotopic (exact) mass is 160 g/mol. The molecule has 0 radical (unpaired) electrons. The number of hydrogen-bond acceptors (Lipinski definition) is 2. The maximum atomic E-state index is 5.60. The van der Waals surface area contributed by atoms with Crippen LogP contribution in [0.25, 0.3) is 0 Å². The van der Waals surface area contributed by atoms with Gasteiger partial charge in [-0.05, 0) is 26.7 Å². The molecule has 0 aromatic rings. The molecule has 11 heavy (non-hydrogen) atoms. The van der Waals surface area contributed by atoms with E-state index < -0.39 is 0 Å². The molecular formula is C9H20O2. The third-order valence-electron chi connectivity index (χ3n) is 2.08. The van der Waals surface area contributed by atoms with Crippen LogP contribution in [0.5, 0.6) is 0 Å². The Hall–Kier alpha value is -0.0800. The van der Waals surface area contributed by atoms with Gasteiger partial charge in [0, 0.05) is 20.3 Å². The van der Waals surface area contributed by atoms with Gasteiger partial charge in [-0.25, -0.2) is 0 Å². The first-order valence-corrected chi connectivity index (χ1v) is 4.31. The zero-order valence-corrected chi connectivity index (χ0v) is 8.14. The first-order valence-electron chi connectivity index (χ1n) is 4.31. The van der Waals surface area contributed by atoms with Crippen molar-refractivity contribution in [1.82, 2.24) is 0 Å². The highest BCUT2D eigenvalue weighted by atomic mass is 16.5. The quantitative estimate of drug-likeness (QED) is 0.593. The lowest BCUT2D eigenvalue weighted by molar-refractivity contribution is -0.0464. The molecule has 0 bridgehead atoms. The summed E-state index contributed by atoms with van der Waals surface area (Å²) in [7, 11) is 1.72. The predicted octanol–water partition coefficient (Wildman–Crippen LogP) is 2.23. The summed E-state index contributed by atoms with van der Waals surface area (Å²) in [6.45, 7) is 7.87. The Morgan fingerprint density at radius 3 is 2.27 bits per heavy atom. The summed E-state index contributed by atoms with van der Waals surface area (Å²) in [5, 5.41) is 0. The molecule has 0 fully saturated rings. The molecule has 0 saturated carbocycles. The molecule has 0 N–H and O–H groups in total. The van der Waals surface area contributed by atoms with Crippen molar-refractivity contribution in [3.05, 3.63) is 0 Å². The van der Waals surface area contributed by atoms with Crippen molar-refractivity contribution < 1.29 is 9.47 Å². The molecule has 0 heterocycles. The molecule has 0 rings (SSSR count). The number of rotatable bonds is 6. The largest absolute Gasteiger partial charge is 0.385 e. The molecule has 0 saturated heterocycles. The van der Waals surface area contributed by atoms with Crippen molar-refractivity contribution in [2.75, 3.05) is 20.3 Å². The van der Waals surface area contributed by atoms with Gasteiger partial charge in [0.15, 0.2) is 0 Å². The standard InChI is InChI=1S/C9H20O2/c1-5-9(3,11-6-2)7-8-10-4/h5-8H2,1-4H3. The van der Waals surface area contributed by atoms with Gasteiger partial charge in [0.25, 0.3) is 0 Å². The van der Waals surface area contributed by atoms with E-state index in [-0.39, 0.29) is 5.60 Å². The Labute approximate surface area is 69.9 Å². The second-order valence-corrected chi connectivity index (χ2v) is 2.98. The fourth-order valence-corrected chi connectivity index (χ4v) is 1.02. The summed E-state index contributed by atoms with van der Waals surface area (Å²) in [4.78, 5) is 0. The number of hydrogen-bond donors (Lipinski definition) is 0. The minimum atomic E-state index is 0.0186. The van der Waals surface area contributed by atoms with Crippen LogP contribution in [-0.2, 0) is 9.47 Å². The van der Waals surface area contributed by atoms with Crippen LogP contribution in [-0.4, -0.2) is 25.9 Å². The summed E-state index contributed by atoms with van der Waals surface area (Å²) < 4.78 is 10.6. The lowest BCUT2D eigenvalue weighted by Gasteiger charge is -2.27. The third kappa shape index (κ3) is 4.38. The Kier molecular flexibility index (Phi) is 5.51. The summed E-state index contributed by atoms with van der Waals surface area (Å²) in [6, 6.07) is 0. The van der Waals surface area contributed by atoms with Gasteiger partial charge in [-0.1, -0.05) is 6.92 Å². The van der Waals surface area contributed by atoms with E-state index in [1.165, 1.54) is 0 Å². The second kappa shape index (κ2) is 5.56. The Morgan fingerprint density at radius 1 is 1.27 bits per heavy atom. The van der Waals surface area contributed by atoms with Gasteiger partial charge >= 0.3 is 0 Å². The molecule has 0 aliphatic heterocycles. The van der Waals surface area contributed by atoms with E-state index in [4.69, 9.17) is 9.47 Å². The van der Waals surface area contributed by atoms with Gasteiger partial charge in [0.05, 0.1) is 5.60 Å². The van der Waals surface area contributed by atoms with Crippen molar-refractivity contribution in [2.45, 2.75) is 39.2 Å². The molecule has 0 aromatic carbocycles. The molecule has 0 amide bonds. The number of methoxy groups -OCH3 is 1. The van der Waals surface area contributed by atoms with Crippen LogP contribution in [0.15, 0.2) is 0 Å². The van der Waals surface area contributed by atoms with Crippen molar-refractivity contribution in [1.29, 1.82) is 0 Å². The molecule has 1 unspecified atom stereocenters. The fraction of sp³-hybridized carbons (Fsp3) is 1.00. The maximum absolute atomic E-state index is 5.60. The highest BCUT2D eigenvalue weighted by Gasteiger charge is 2.20. The molecule has 0 spiro atoms. The van der Waals surface area contributed by atoms with Crippen LogP contribution >= 0.6 is 0 Å². The fourth-order valence-electron chi connectivity index (χ4n) is 1.02. The van der Waals surface area contributed by atoms with Crippen LogP contribution in [0.2, 0.25) is 0 Å². The SMILES string of the molecule is CCOC(C)(CC)CCOC. The van der Waals surface area contributed by atoms with Gasteiger partial charge in [0.1, 0.15) is 0 Å². The minimum Gasteiger partial charge on any atom is -0.385 e. The van der Waals surface area contributed by atoms with E-state index in [9.17, 15) is 0 Å². The molecule has 1 atom stereocenters. The first kappa shape index (κ1) is 10.9. The van der Waals surface area contributed by atoms with Crippen LogP contribution < -0.4 is 0 Å². The molecule has 0 aliphatic carbocycles. The van der Waals surface area contributed by atoms with E-state index in [2.05, 4.69) is 13.8 Å². The summed E-state index contributed by atoms with van der Waals surface area (Å²) in [5.74, 6) is 0. The van der Waals surface area contributed by atoms with Crippen LogP contribution in [0.1, 0.15) is 33.6 Å². The van der Waals surface area contributed by atoms with E-state index in [0.29, 0.717) is 0 Å². The highest BCUT2D eigenvalue weighted by molar-refractivity contribution is 4.72. The summed E-state index contributed by atoms with van der Waals surface area (Å²) >= 11 is 0. The van der Waals surface area contributed by atoms with E-state index in [0.717, 1.165) is 26.1 Å². The van der Waals surface area contributed by atoms with E-state index in [1.807, 2.05) is 6.92 Å². The van der Waals surface area contributed by atoms with Gasteiger partial charge in [-0.3, -0.25) is 0 Å². The zero-order valence-electron chi connectivity index (χ0n) is 8.14. The molecule has 2 heteroatoms. The maximum Gasteiger partial charge on any atom is 0.0673 e. The predicted molar refractivity (Wildman–Crippen MR) is 46.8 cm³/mol. The summed E-state index contributed by atoms with van der Waals surface area (Å²) in [6.07, 6.45) is 2.03. The van der Waals surface area contributed by atoms with Gasteiger partial charge in [-0.15, -0.1) is 0 Å². The second-order valence-electron chi connectivity index (χ2n) is 2.98. The Bertz CT molecular complexity index is 93.6. The topological polar surface area (TPSA) is 18.5 Å².